The van der Waals surface area contributed by atoms with Crippen LogP contribution in [0.15, 0.2) is 79.1 Å². The summed E-state index contributed by atoms with van der Waals surface area (Å²) in [7, 11) is 1.60. The third kappa shape index (κ3) is 4.71. The Kier molecular flexibility index (Phi) is 6.38. The summed E-state index contributed by atoms with van der Waals surface area (Å²) in [6, 6.07) is 21.4. The van der Waals surface area contributed by atoms with Gasteiger partial charge in [0.2, 0.25) is 0 Å². The molecule has 2 aromatic carbocycles. The lowest BCUT2D eigenvalue weighted by molar-refractivity contribution is 0.0786. The third-order valence-electron chi connectivity index (χ3n) is 6.33. The molecule has 0 radical (unpaired) electrons. The molecule has 172 valence electrons. The average Bonchev–Trinajstić information content (AvgIpc) is 3.36. The molecule has 4 aromatic rings. The van der Waals surface area contributed by atoms with E-state index in [1.54, 1.807) is 31.5 Å². The second kappa shape index (κ2) is 9.91. The summed E-state index contributed by atoms with van der Waals surface area (Å²) >= 11 is 0. The van der Waals surface area contributed by atoms with Gasteiger partial charge in [0.1, 0.15) is 6.61 Å². The Morgan fingerprint density at radius 2 is 1.91 bits per heavy atom. The summed E-state index contributed by atoms with van der Waals surface area (Å²) in [6.07, 6.45) is 5.48. The predicted octanol–water partition coefficient (Wildman–Crippen LogP) is 4.92. The summed E-state index contributed by atoms with van der Waals surface area (Å²) in [5, 5.41) is 1.19. The predicted molar refractivity (Wildman–Crippen MR) is 131 cm³/mol. The van der Waals surface area contributed by atoms with Crippen LogP contribution in [0.3, 0.4) is 0 Å². The molecule has 2 aromatic heterocycles. The number of likely N-dealkylation sites (tertiary alicyclic amines) is 1. The zero-order valence-corrected chi connectivity index (χ0v) is 19.2. The van der Waals surface area contributed by atoms with Crippen LogP contribution >= 0.6 is 0 Å². The van der Waals surface area contributed by atoms with Crippen LogP contribution in [-0.2, 0) is 13.0 Å². The molecule has 1 saturated heterocycles. The maximum absolute atomic E-state index is 13.3. The second-order valence-corrected chi connectivity index (χ2v) is 8.57. The molecule has 34 heavy (non-hydrogen) atoms. The molecule has 1 fully saturated rings. The van der Waals surface area contributed by atoms with Gasteiger partial charge in [0.05, 0.1) is 18.3 Å². The van der Waals surface area contributed by atoms with Gasteiger partial charge in [0.25, 0.3) is 5.91 Å². The number of benzene rings is 2. The highest BCUT2D eigenvalue weighted by Crippen LogP contribution is 2.31. The van der Waals surface area contributed by atoms with Gasteiger partial charge in [-0.2, -0.15) is 0 Å². The number of hydrogen-bond donors (Lipinski definition) is 0. The van der Waals surface area contributed by atoms with Crippen molar-refractivity contribution in [3.05, 3.63) is 95.9 Å². The number of hydrogen-bond acceptors (Lipinski definition) is 5. The van der Waals surface area contributed by atoms with E-state index in [2.05, 4.69) is 28.2 Å². The Balaban J connectivity index is 1.27. The highest BCUT2D eigenvalue weighted by Gasteiger charge is 2.28. The molecule has 6 nitrogen and oxygen atoms in total. The lowest BCUT2D eigenvalue weighted by Crippen LogP contribution is -2.29. The normalized spacial score (nSPS) is 15.4. The van der Waals surface area contributed by atoms with Crippen molar-refractivity contribution in [3.8, 4) is 11.5 Å². The zero-order valence-electron chi connectivity index (χ0n) is 19.2. The topological polar surface area (TPSA) is 64.5 Å². The number of carbonyl (C=O) groups is 1. The van der Waals surface area contributed by atoms with E-state index in [1.165, 1.54) is 10.9 Å². The van der Waals surface area contributed by atoms with Crippen molar-refractivity contribution in [1.82, 2.24) is 14.9 Å². The van der Waals surface area contributed by atoms with Gasteiger partial charge < -0.3 is 14.4 Å². The lowest BCUT2D eigenvalue weighted by atomic mass is 9.96. The minimum absolute atomic E-state index is 0.0208. The highest BCUT2D eigenvalue weighted by molar-refractivity contribution is 5.95. The van der Waals surface area contributed by atoms with E-state index in [9.17, 15) is 4.79 Å². The van der Waals surface area contributed by atoms with Crippen LogP contribution in [0.5, 0.6) is 11.5 Å². The van der Waals surface area contributed by atoms with Gasteiger partial charge in [-0.25, -0.2) is 0 Å². The lowest BCUT2D eigenvalue weighted by Gasteiger charge is -2.18. The molecule has 0 saturated carbocycles. The van der Waals surface area contributed by atoms with Gasteiger partial charge in [-0.05, 0) is 66.8 Å². The standard InChI is InChI=1S/C28H27N3O3/c1-33-26-11-10-22(17-27(26)34-19-23-7-2-3-13-29-23)28(32)31-15-12-20(18-31)16-21-6-4-9-25-24(21)8-5-14-30-25/h2-11,13-14,17,20H,12,15-16,18-19H2,1H3/t20-/m0/s1. The van der Waals surface area contributed by atoms with Crippen LogP contribution in [0.1, 0.15) is 28.0 Å². The van der Waals surface area contributed by atoms with E-state index >= 15 is 0 Å². The van der Waals surface area contributed by atoms with E-state index in [0.717, 1.165) is 37.1 Å². The Morgan fingerprint density at radius 3 is 2.76 bits per heavy atom. The van der Waals surface area contributed by atoms with Gasteiger partial charge in [-0.1, -0.05) is 24.3 Å². The number of methoxy groups -OCH3 is 1. The first-order valence-corrected chi connectivity index (χ1v) is 11.5. The molecule has 1 amide bonds. The molecule has 0 aliphatic carbocycles. The molecule has 6 heteroatoms. The van der Waals surface area contributed by atoms with Crippen LogP contribution in [0.25, 0.3) is 10.9 Å². The molecule has 5 rings (SSSR count). The van der Waals surface area contributed by atoms with Gasteiger partial charge in [0.15, 0.2) is 11.5 Å². The molecule has 1 atom stereocenters. The number of aromatic nitrogens is 2. The number of fused-ring (bicyclic) bond motifs is 1. The van der Waals surface area contributed by atoms with Crippen molar-refractivity contribution >= 4 is 16.8 Å². The molecular formula is C28H27N3O3. The summed E-state index contributed by atoms with van der Waals surface area (Å²) in [5.74, 6) is 1.58. The molecule has 0 N–H and O–H groups in total. The van der Waals surface area contributed by atoms with Crippen molar-refractivity contribution in [2.75, 3.05) is 20.2 Å². The monoisotopic (exact) mass is 453 g/mol. The Hall–Kier alpha value is -3.93. The average molecular weight is 454 g/mol. The smallest absolute Gasteiger partial charge is 0.254 e. The molecule has 0 spiro atoms. The number of rotatable bonds is 7. The van der Waals surface area contributed by atoms with Crippen LogP contribution in [0, 0.1) is 5.92 Å². The molecule has 0 bridgehead atoms. The maximum Gasteiger partial charge on any atom is 0.254 e. The first kappa shape index (κ1) is 21.9. The SMILES string of the molecule is COc1ccc(C(=O)N2CC[C@@H](Cc3cccc4ncccc34)C2)cc1OCc1ccccn1. The molecule has 3 heterocycles. The number of nitrogens with zero attached hydrogens (tertiary/aromatic N) is 3. The van der Waals surface area contributed by atoms with Crippen LogP contribution in [-0.4, -0.2) is 41.0 Å². The van der Waals surface area contributed by atoms with Crippen molar-refractivity contribution < 1.29 is 14.3 Å². The van der Waals surface area contributed by atoms with Crippen molar-refractivity contribution in [3.63, 3.8) is 0 Å². The summed E-state index contributed by atoms with van der Waals surface area (Å²) in [6.45, 7) is 1.80. The largest absolute Gasteiger partial charge is 0.493 e. The molecule has 0 unspecified atom stereocenters. The van der Waals surface area contributed by atoms with Gasteiger partial charge in [0, 0.05) is 36.4 Å². The maximum atomic E-state index is 13.3. The minimum atomic E-state index is 0.0208. The fraction of sp³-hybridized carbons (Fsp3) is 0.250. The summed E-state index contributed by atoms with van der Waals surface area (Å²) in [4.78, 5) is 24.0. The number of ether oxygens (including phenoxy) is 2. The van der Waals surface area contributed by atoms with Crippen molar-refractivity contribution in [1.29, 1.82) is 0 Å². The van der Waals surface area contributed by atoms with Crippen LogP contribution < -0.4 is 9.47 Å². The minimum Gasteiger partial charge on any atom is -0.493 e. The van der Waals surface area contributed by atoms with E-state index in [4.69, 9.17) is 9.47 Å². The van der Waals surface area contributed by atoms with Crippen LogP contribution in [0.4, 0.5) is 0 Å². The number of pyridine rings is 2. The Labute approximate surface area is 199 Å². The third-order valence-corrected chi connectivity index (χ3v) is 6.33. The van der Waals surface area contributed by atoms with E-state index in [0.29, 0.717) is 29.6 Å². The first-order valence-electron chi connectivity index (χ1n) is 11.5. The van der Waals surface area contributed by atoms with Crippen molar-refractivity contribution in [2.24, 2.45) is 5.92 Å². The molecular weight excluding hydrogens is 426 g/mol. The summed E-state index contributed by atoms with van der Waals surface area (Å²) in [5.41, 5.74) is 3.72. The van der Waals surface area contributed by atoms with E-state index in [1.807, 2.05) is 41.4 Å². The number of carbonyl (C=O) groups excluding carboxylic acids is 1. The number of amides is 1. The van der Waals surface area contributed by atoms with Crippen LogP contribution in [0.2, 0.25) is 0 Å². The molecule has 1 aliphatic rings. The summed E-state index contributed by atoms with van der Waals surface area (Å²) < 4.78 is 11.4. The Morgan fingerprint density at radius 1 is 1.00 bits per heavy atom. The highest BCUT2D eigenvalue weighted by atomic mass is 16.5. The first-order chi connectivity index (χ1) is 16.7. The van der Waals surface area contributed by atoms with Gasteiger partial charge in [-0.3, -0.25) is 14.8 Å². The zero-order chi connectivity index (χ0) is 23.3. The van der Waals surface area contributed by atoms with Gasteiger partial charge >= 0.3 is 0 Å². The Bertz CT molecular complexity index is 1290. The molecule has 1 aliphatic heterocycles. The van der Waals surface area contributed by atoms with E-state index in [-0.39, 0.29) is 5.91 Å². The fourth-order valence-electron chi connectivity index (χ4n) is 4.58. The fourth-order valence-corrected chi connectivity index (χ4v) is 4.58. The second-order valence-electron chi connectivity index (χ2n) is 8.57. The van der Waals surface area contributed by atoms with Gasteiger partial charge in [-0.15, -0.1) is 0 Å². The van der Waals surface area contributed by atoms with Crippen molar-refractivity contribution in [2.45, 2.75) is 19.4 Å². The quantitative estimate of drug-likeness (QED) is 0.397. The van der Waals surface area contributed by atoms with E-state index < -0.39 is 0 Å².